The van der Waals surface area contributed by atoms with Crippen molar-refractivity contribution in [2.24, 2.45) is 0 Å². The number of benzene rings is 2. The Balaban J connectivity index is 1.47. The molecule has 0 radical (unpaired) electrons. The molecule has 2 aromatic carbocycles. The predicted octanol–water partition coefficient (Wildman–Crippen LogP) is 6.10. The van der Waals surface area contributed by atoms with Crippen molar-refractivity contribution in [3.05, 3.63) is 59.8 Å². The van der Waals surface area contributed by atoms with Crippen molar-refractivity contribution in [2.45, 2.75) is 26.8 Å². The molecule has 0 unspecified atom stereocenters. The van der Waals surface area contributed by atoms with Crippen LogP contribution >= 0.6 is 11.8 Å². The van der Waals surface area contributed by atoms with Gasteiger partial charge in [0, 0.05) is 41.9 Å². The summed E-state index contributed by atoms with van der Waals surface area (Å²) in [5, 5.41) is 2.93. The van der Waals surface area contributed by atoms with Gasteiger partial charge < -0.3 is 14.8 Å². The molecule has 2 aromatic heterocycles. The maximum Gasteiger partial charge on any atom is 0.227 e. The third-order valence-corrected chi connectivity index (χ3v) is 6.96. The third-order valence-electron chi connectivity index (χ3n) is 6.01. The molecule has 0 saturated carbocycles. The highest BCUT2D eigenvalue weighted by Gasteiger charge is 2.19. The molecular formula is C25H25F3N6S. The zero-order valence-corrected chi connectivity index (χ0v) is 20.5. The largest absolute Gasteiger partial charge is 0.368 e. The molecule has 4 aromatic rings. The van der Waals surface area contributed by atoms with E-state index in [2.05, 4.69) is 20.3 Å². The molecule has 182 valence electrons. The Labute approximate surface area is 205 Å². The second kappa shape index (κ2) is 9.41. The highest BCUT2D eigenvalue weighted by atomic mass is 32.2. The normalized spacial score (nSPS) is 14.2. The average Bonchev–Trinajstić information content (AvgIpc) is 3.17. The van der Waals surface area contributed by atoms with Crippen LogP contribution in [0, 0.1) is 24.4 Å². The molecule has 10 heteroatoms. The Bertz CT molecular complexity index is 1400. The van der Waals surface area contributed by atoms with Crippen LogP contribution < -0.4 is 10.2 Å². The summed E-state index contributed by atoms with van der Waals surface area (Å²) in [6.07, 6.45) is 1.02. The number of aryl methyl sites for hydroxylation is 1. The van der Waals surface area contributed by atoms with Crippen molar-refractivity contribution < 1.29 is 13.2 Å². The maximum absolute atomic E-state index is 14.9. The van der Waals surface area contributed by atoms with Gasteiger partial charge in [-0.2, -0.15) is 11.8 Å². The Morgan fingerprint density at radius 2 is 1.74 bits per heavy atom. The molecule has 0 amide bonds. The van der Waals surface area contributed by atoms with Crippen molar-refractivity contribution in [3.63, 3.8) is 0 Å². The van der Waals surface area contributed by atoms with Crippen LogP contribution in [0.3, 0.4) is 0 Å². The molecular weight excluding hydrogens is 473 g/mol. The lowest BCUT2D eigenvalue weighted by Crippen LogP contribution is -2.33. The number of hydrogen-bond acceptors (Lipinski definition) is 6. The minimum Gasteiger partial charge on any atom is -0.368 e. The predicted molar refractivity (Wildman–Crippen MR) is 135 cm³/mol. The van der Waals surface area contributed by atoms with E-state index < -0.39 is 11.6 Å². The lowest BCUT2D eigenvalue weighted by atomic mass is 10.1. The van der Waals surface area contributed by atoms with Crippen molar-refractivity contribution in [1.82, 2.24) is 19.5 Å². The lowest BCUT2D eigenvalue weighted by molar-refractivity contribution is 0.600. The van der Waals surface area contributed by atoms with Gasteiger partial charge in [0.25, 0.3) is 0 Å². The summed E-state index contributed by atoms with van der Waals surface area (Å²) in [6, 6.07) is 7.78. The average molecular weight is 499 g/mol. The molecule has 0 bridgehead atoms. The first-order valence-electron chi connectivity index (χ1n) is 11.4. The van der Waals surface area contributed by atoms with Crippen LogP contribution in [0.2, 0.25) is 0 Å². The van der Waals surface area contributed by atoms with Crippen molar-refractivity contribution in [2.75, 3.05) is 34.8 Å². The van der Waals surface area contributed by atoms with Gasteiger partial charge in [-0.05, 0) is 51.1 Å². The van der Waals surface area contributed by atoms with Crippen LogP contribution in [0.1, 0.15) is 25.7 Å². The van der Waals surface area contributed by atoms with Crippen LogP contribution in [-0.4, -0.2) is 44.1 Å². The minimum absolute atomic E-state index is 0.0451. The topological polar surface area (TPSA) is 58.9 Å². The number of thioether (sulfide) groups is 1. The van der Waals surface area contributed by atoms with Crippen LogP contribution in [0.4, 0.5) is 30.5 Å². The zero-order valence-electron chi connectivity index (χ0n) is 19.6. The standard InChI is InChI=1S/C25H25F3N6S/c1-14(2)34-15(3)30-24-19(27)10-16(11-22(24)34)23-20(28)13-29-25(32-23)31-17-4-5-21(18(26)12-17)33-6-8-35-9-7-33/h4-5,10-14H,6-9H2,1-3H3,(H,29,31,32). The molecule has 0 atom stereocenters. The van der Waals surface area contributed by atoms with Crippen molar-refractivity contribution >= 4 is 40.1 Å². The zero-order chi connectivity index (χ0) is 24.7. The molecule has 1 fully saturated rings. The van der Waals surface area contributed by atoms with E-state index in [0.29, 0.717) is 22.7 Å². The fourth-order valence-electron chi connectivity index (χ4n) is 4.46. The van der Waals surface area contributed by atoms with Crippen LogP contribution in [-0.2, 0) is 0 Å². The first-order valence-corrected chi connectivity index (χ1v) is 12.6. The Kier molecular flexibility index (Phi) is 6.31. The van der Waals surface area contributed by atoms with Gasteiger partial charge in [-0.15, -0.1) is 0 Å². The molecule has 35 heavy (non-hydrogen) atoms. The smallest absolute Gasteiger partial charge is 0.227 e. The van der Waals surface area contributed by atoms with Gasteiger partial charge in [0.05, 0.1) is 17.4 Å². The highest BCUT2D eigenvalue weighted by Crippen LogP contribution is 2.31. The van der Waals surface area contributed by atoms with E-state index in [4.69, 9.17) is 0 Å². The Morgan fingerprint density at radius 3 is 2.46 bits per heavy atom. The van der Waals surface area contributed by atoms with E-state index in [1.807, 2.05) is 35.1 Å². The molecule has 5 rings (SSSR count). The van der Waals surface area contributed by atoms with Crippen LogP contribution in [0.15, 0.2) is 36.5 Å². The number of imidazole rings is 1. The molecule has 0 spiro atoms. The number of nitrogens with one attached hydrogen (secondary N) is 1. The number of aromatic nitrogens is 4. The fourth-order valence-corrected chi connectivity index (χ4v) is 5.36. The summed E-state index contributed by atoms with van der Waals surface area (Å²) in [7, 11) is 0. The molecule has 1 aliphatic heterocycles. The van der Waals surface area contributed by atoms with Crippen molar-refractivity contribution in [1.29, 1.82) is 0 Å². The summed E-state index contributed by atoms with van der Waals surface area (Å²) in [5.41, 5.74) is 2.00. The number of fused-ring (bicyclic) bond motifs is 1. The Hall–Kier alpha value is -3.27. The molecule has 1 aliphatic rings. The second-order valence-electron chi connectivity index (χ2n) is 8.73. The van der Waals surface area contributed by atoms with Gasteiger partial charge in [-0.25, -0.2) is 28.1 Å². The monoisotopic (exact) mass is 498 g/mol. The summed E-state index contributed by atoms with van der Waals surface area (Å²) >= 11 is 1.86. The Morgan fingerprint density at radius 1 is 0.971 bits per heavy atom. The van der Waals surface area contributed by atoms with Gasteiger partial charge in [0.1, 0.15) is 22.9 Å². The van der Waals surface area contributed by atoms with Gasteiger partial charge in [-0.3, -0.25) is 0 Å². The van der Waals surface area contributed by atoms with Gasteiger partial charge in [0.15, 0.2) is 11.6 Å². The quantitative estimate of drug-likeness (QED) is 0.359. The molecule has 3 heterocycles. The summed E-state index contributed by atoms with van der Waals surface area (Å²) in [5.74, 6) is 1.09. The summed E-state index contributed by atoms with van der Waals surface area (Å²) in [4.78, 5) is 14.6. The van der Waals surface area contributed by atoms with E-state index in [-0.39, 0.29) is 34.6 Å². The van der Waals surface area contributed by atoms with E-state index in [0.717, 1.165) is 30.8 Å². The second-order valence-corrected chi connectivity index (χ2v) is 9.95. The summed E-state index contributed by atoms with van der Waals surface area (Å²) in [6.45, 7) is 7.35. The lowest BCUT2D eigenvalue weighted by Gasteiger charge is -2.28. The molecule has 1 N–H and O–H groups in total. The molecule has 1 saturated heterocycles. The number of nitrogens with zero attached hydrogens (tertiary/aromatic N) is 5. The maximum atomic E-state index is 14.9. The van der Waals surface area contributed by atoms with Gasteiger partial charge >= 0.3 is 0 Å². The minimum atomic E-state index is -0.689. The van der Waals surface area contributed by atoms with Crippen LogP contribution in [0.25, 0.3) is 22.3 Å². The molecule has 0 aliphatic carbocycles. The third kappa shape index (κ3) is 4.54. The first-order chi connectivity index (χ1) is 16.8. The SMILES string of the molecule is Cc1nc2c(F)cc(-c3nc(Nc4ccc(N5CCSCC5)c(F)c4)ncc3F)cc2n1C(C)C. The van der Waals surface area contributed by atoms with Gasteiger partial charge in [0.2, 0.25) is 5.95 Å². The van der Waals surface area contributed by atoms with E-state index in [9.17, 15) is 13.2 Å². The number of hydrogen-bond donors (Lipinski definition) is 1. The highest BCUT2D eigenvalue weighted by molar-refractivity contribution is 7.99. The number of halogens is 3. The first kappa shape index (κ1) is 23.5. The van der Waals surface area contributed by atoms with Crippen LogP contribution in [0.5, 0.6) is 0 Å². The van der Waals surface area contributed by atoms with E-state index in [1.165, 1.54) is 12.1 Å². The van der Waals surface area contributed by atoms with Gasteiger partial charge in [-0.1, -0.05) is 0 Å². The number of anilines is 3. The van der Waals surface area contributed by atoms with Crippen molar-refractivity contribution in [3.8, 4) is 11.3 Å². The fraction of sp³-hybridized carbons (Fsp3) is 0.320. The summed E-state index contributed by atoms with van der Waals surface area (Å²) < 4.78 is 46.3. The number of rotatable bonds is 5. The van der Waals surface area contributed by atoms with E-state index in [1.54, 1.807) is 25.1 Å². The molecule has 6 nitrogen and oxygen atoms in total. The van der Waals surface area contributed by atoms with E-state index >= 15 is 0 Å².